The van der Waals surface area contributed by atoms with Gasteiger partial charge in [-0.1, -0.05) is 5.16 Å². The Labute approximate surface area is 83.8 Å². The fourth-order valence-electron chi connectivity index (χ4n) is 0.754. The van der Waals surface area contributed by atoms with Crippen molar-refractivity contribution in [1.82, 2.24) is 10.5 Å². The summed E-state index contributed by atoms with van der Waals surface area (Å²) in [5.41, 5.74) is 0.788. The number of hydrogen-bond acceptors (Lipinski definition) is 3. The van der Waals surface area contributed by atoms with Gasteiger partial charge in [0.2, 0.25) is 0 Å². The molecule has 0 aromatic carbocycles. The van der Waals surface area contributed by atoms with E-state index in [1.165, 1.54) is 0 Å². The van der Waals surface area contributed by atoms with Crippen LogP contribution in [0.1, 0.15) is 11.5 Å². The van der Waals surface area contributed by atoms with E-state index in [4.69, 9.17) is 4.52 Å². The smallest absolute Gasteiger partial charge is 0.297 e. The standard InChI is InChI=1S/C8H7BrN2O2/c1-6-4-7(13-11-6)5-10-8(12)2-3-9/h4H,5H2,1H3,(H,10,12). The Morgan fingerprint density at radius 3 is 3.15 bits per heavy atom. The van der Waals surface area contributed by atoms with E-state index in [9.17, 15) is 4.79 Å². The van der Waals surface area contributed by atoms with Crippen molar-refractivity contribution >= 4 is 21.8 Å². The topological polar surface area (TPSA) is 55.1 Å². The second-order valence-electron chi connectivity index (χ2n) is 2.34. The molecule has 1 N–H and O–H groups in total. The number of hydrogen-bond donors (Lipinski definition) is 1. The lowest BCUT2D eigenvalue weighted by Gasteiger charge is -1.93. The molecular formula is C8H7BrN2O2. The number of amides is 1. The molecule has 1 aromatic heterocycles. The van der Waals surface area contributed by atoms with E-state index < -0.39 is 0 Å². The van der Waals surface area contributed by atoms with Crippen molar-refractivity contribution in [2.24, 2.45) is 0 Å². The molecule has 0 aliphatic rings. The van der Waals surface area contributed by atoms with E-state index >= 15 is 0 Å². The maximum Gasteiger partial charge on any atom is 0.297 e. The number of carbonyl (C=O) groups excluding carboxylic acids is 1. The molecule has 0 radical (unpaired) electrons. The van der Waals surface area contributed by atoms with E-state index in [2.05, 4.69) is 37.2 Å². The number of aryl methyl sites for hydroxylation is 1. The Kier molecular flexibility index (Phi) is 3.53. The van der Waals surface area contributed by atoms with Gasteiger partial charge in [-0.2, -0.15) is 0 Å². The van der Waals surface area contributed by atoms with Crippen LogP contribution in [0.4, 0.5) is 0 Å². The van der Waals surface area contributed by atoms with Crippen molar-refractivity contribution in [3.8, 4) is 10.8 Å². The third-order valence-corrected chi connectivity index (χ3v) is 1.46. The number of carbonyl (C=O) groups is 1. The zero-order chi connectivity index (χ0) is 9.68. The summed E-state index contributed by atoms with van der Waals surface area (Å²) in [5.74, 6) is 2.53. The highest BCUT2D eigenvalue weighted by Crippen LogP contribution is 2.00. The monoisotopic (exact) mass is 242 g/mol. The zero-order valence-corrected chi connectivity index (χ0v) is 8.51. The minimum atomic E-state index is -0.356. The van der Waals surface area contributed by atoms with Crippen LogP contribution in [0.3, 0.4) is 0 Å². The van der Waals surface area contributed by atoms with E-state index in [1.807, 2.05) is 6.92 Å². The first-order valence-corrected chi connectivity index (χ1v) is 4.33. The third kappa shape index (κ3) is 3.30. The van der Waals surface area contributed by atoms with Gasteiger partial charge in [-0.05, 0) is 11.8 Å². The fraction of sp³-hybridized carbons (Fsp3) is 0.250. The molecule has 5 heteroatoms. The predicted octanol–water partition coefficient (Wildman–Crippen LogP) is 0.955. The maximum atomic E-state index is 10.8. The summed E-state index contributed by atoms with van der Waals surface area (Å²) in [6.45, 7) is 2.12. The van der Waals surface area contributed by atoms with Gasteiger partial charge in [0.15, 0.2) is 5.76 Å². The van der Waals surface area contributed by atoms with Crippen LogP contribution in [0.25, 0.3) is 0 Å². The molecule has 0 saturated carbocycles. The quantitative estimate of drug-likeness (QED) is 0.787. The summed E-state index contributed by atoms with van der Waals surface area (Å²) in [4.78, 5) is 13.2. The summed E-state index contributed by atoms with van der Waals surface area (Å²) in [7, 11) is 0. The van der Waals surface area contributed by atoms with Gasteiger partial charge in [-0.3, -0.25) is 4.79 Å². The van der Waals surface area contributed by atoms with Crippen molar-refractivity contribution < 1.29 is 9.32 Å². The molecule has 1 amide bonds. The summed E-state index contributed by atoms with van der Waals surface area (Å²) in [6, 6.07) is 1.75. The van der Waals surface area contributed by atoms with Gasteiger partial charge >= 0.3 is 0 Å². The number of halogens is 1. The van der Waals surface area contributed by atoms with Gasteiger partial charge in [0, 0.05) is 27.9 Å². The zero-order valence-electron chi connectivity index (χ0n) is 6.93. The molecule has 4 nitrogen and oxygen atoms in total. The summed E-state index contributed by atoms with van der Waals surface area (Å²) < 4.78 is 4.87. The van der Waals surface area contributed by atoms with Crippen LogP contribution in [0, 0.1) is 17.7 Å². The van der Waals surface area contributed by atoms with Crippen LogP contribution >= 0.6 is 15.9 Å². The molecule has 0 atom stereocenters. The van der Waals surface area contributed by atoms with Crippen LogP contribution in [0.15, 0.2) is 10.6 Å². The van der Waals surface area contributed by atoms with Crippen LogP contribution in [0.5, 0.6) is 0 Å². The first kappa shape index (κ1) is 9.81. The Bertz CT molecular complexity index is 362. The van der Waals surface area contributed by atoms with E-state index in [1.54, 1.807) is 6.07 Å². The summed E-state index contributed by atoms with van der Waals surface area (Å²) in [5, 5.41) is 6.21. The van der Waals surface area contributed by atoms with Crippen molar-refractivity contribution in [3.05, 3.63) is 17.5 Å². The van der Waals surface area contributed by atoms with E-state index in [0.29, 0.717) is 12.3 Å². The molecule has 1 heterocycles. The molecule has 0 saturated heterocycles. The first-order chi connectivity index (χ1) is 6.22. The van der Waals surface area contributed by atoms with Gasteiger partial charge in [0.1, 0.15) is 0 Å². The number of nitrogens with zero attached hydrogens (tertiary/aromatic N) is 1. The molecule has 0 unspecified atom stereocenters. The number of rotatable bonds is 2. The third-order valence-electron chi connectivity index (χ3n) is 1.26. The molecule has 0 bridgehead atoms. The highest BCUT2D eigenvalue weighted by Gasteiger charge is 2.01. The Balaban J connectivity index is 2.42. The van der Waals surface area contributed by atoms with Crippen LogP contribution in [-0.2, 0) is 11.3 Å². The molecular weight excluding hydrogens is 236 g/mol. The van der Waals surface area contributed by atoms with Gasteiger partial charge < -0.3 is 9.84 Å². The normalized spacial score (nSPS) is 8.77. The van der Waals surface area contributed by atoms with E-state index in [0.717, 1.165) is 5.69 Å². The largest absolute Gasteiger partial charge is 0.359 e. The second-order valence-corrected chi connectivity index (χ2v) is 2.73. The highest BCUT2D eigenvalue weighted by atomic mass is 79.9. The molecule has 0 aliphatic heterocycles. The van der Waals surface area contributed by atoms with Gasteiger partial charge in [-0.25, -0.2) is 0 Å². The van der Waals surface area contributed by atoms with Crippen molar-refractivity contribution in [1.29, 1.82) is 0 Å². The second kappa shape index (κ2) is 4.67. The average molecular weight is 243 g/mol. The molecule has 0 fully saturated rings. The average Bonchev–Trinajstić information content (AvgIpc) is 2.49. The summed E-state index contributed by atoms with van der Waals surface area (Å²) >= 11 is 2.82. The SMILES string of the molecule is Cc1cc(CNC(=O)C#CBr)on1. The Morgan fingerprint density at radius 1 is 1.85 bits per heavy atom. The fourth-order valence-corrected chi connectivity index (χ4v) is 0.934. The van der Waals surface area contributed by atoms with Crippen LogP contribution in [-0.4, -0.2) is 11.1 Å². The lowest BCUT2D eigenvalue weighted by atomic mass is 10.4. The maximum absolute atomic E-state index is 10.8. The number of aromatic nitrogens is 1. The van der Waals surface area contributed by atoms with Crippen LogP contribution < -0.4 is 5.32 Å². The van der Waals surface area contributed by atoms with Crippen molar-refractivity contribution in [2.75, 3.05) is 0 Å². The molecule has 0 aliphatic carbocycles. The minimum absolute atomic E-state index is 0.307. The molecule has 1 aromatic rings. The Morgan fingerprint density at radius 2 is 2.62 bits per heavy atom. The Hall–Kier alpha value is -1.28. The lowest BCUT2D eigenvalue weighted by Crippen LogP contribution is -2.20. The van der Waals surface area contributed by atoms with Crippen LogP contribution in [0.2, 0.25) is 0 Å². The first-order valence-electron chi connectivity index (χ1n) is 3.54. The predicted molar refractivity (Wildman–Crippen MR) is 49.8 cm³/mol. The molecule has 13 heavy (non-hydrogen) atoms. The van der Waals surface area contributed by atoms with E-state index in [-0.39, 0.29) is 5.91 Å². The van der Waals surface area contributed by atoms with Crippen molar-refractivity contribution in [3.63, 3.8) is 0 Å². The lowest BCUT2D eigenvalue weighted by molar-refractivity contribution is -0.115. The van der Waals surface area contributed by atoms with Gasteiger partial charge in [0.05, 0.1) is 12.2 Å². The van der Waals surface area contributed by atoms with Gasteiger partial charge in [0.25, 0.3) is 5.91 Å². The van der Waals surface area contributed by atoms with Crippen molar-refractivity contribution in [2.45, 2.75) is 13.5 Å². The number of nitrogens with one attached hydrogen (secondary N) is 1. The summed E-state index contributed by atoms with van der Waals surface area (Å²) in [6.07, 6.45) is 0. The molecule has 68 valence electrons. The highest BCUT2D eigenvalue weighted by molar-refractivity contribution is 9.12. The van der Waals surface area contributed by atoms with Gasteiger partial charge in [-0.15, -0.1) is 0 Å². The molecule has 1 rings (SSSR count). The molecule has 0 spiro atoms. The minimum Gasteiger partial charge on any atom is -0.359 e.